The van der Waals surface area contributed by atoms with Crippen molar-refractivity contribution in [3.8, 4) is 0 Å². The van der Waals surface area contributed by atoms with Crippen LogP contribution >= 0.6 is 11.3 Å². The number of amides is 2. The molecule has 21 heavy (non-hydrogen) atoms. The molecule has 1 aromatic rings. The maximum Gasteiger partial charge on any atom is 0.315 e. The van der Waals surface area contributed by atoms with Gasteiger partial charge in [-0.15, -0.1) is 11.3 Å². The monoisotopic (exact) mass is 308 g/mol. The van der Waals surface area contributed by atoms with Gasteiger partial charge in [0.25, 0.3) is 0 Å². The topological polar surface area (TPSA) is 61.4 Å². The van der Waals surface area contributed by atoms with Gasteiger partial charge in [0.2, 0.25) is 0 Å². The Morgan fingerprint density at radius 1 is 1.29 bits per heavy atom. The van der Waals surface area contributed by atoms with Crippen molar-refractivity contribution in [3.05, 3.63) is 22.4 Å². The van der Waals surface area contributed by atoms with Gasteiger partial charge in [0.15, 0.2) is 0 Å². The fourth-order valence-corrected chi connectivity index (χ4v) is 4.12. The van der Waals surface area contributed by atoms with Crippen LogP contribution in [0.1, 0.15) is 49.8 Å². The molecule has 1 heterocycles. The predicted octanol–water partition coefficient (Wildman–Crippen LogP) is 2.98. The second-order valence-electron chi connectivity index (χ2n) is 6.34. The van der Waals surface area contributed by atoms with E-state index in [1.54, 1.807) is 11.3 Å². The van der Waals surface area contributed by atoms with E-state index < -0.39 is 5.60 Å². The standard InChI is InChI=1S/C16H24N2O2S/c19-15(18-13-5-2-1-3-6-13)17-11-16(20,12-8-9-12)14-7-4-10-21-14/h4,7,10,12-13,20H,1-3,5-6,8-9,11H2,(H2,17,18,19)/t16-/m1/s1. The largest absolute Gasteiger partial charge is 0.382 e. The third-order valence-electron chi connectivity index (χ3n) is 4.66. The Labute approximate surface area is 129 Å². The van der Waals surface area contributed by atoms with Gasteiger partial charge in [-0.1, -0.05) is 25.3 Å². The number of rotatable bonds is 5. The lowest BCUT2D eigenvalue weighted by molar-refractivity contribution is 0.0194. The molecule has 2 fully saturated rings. The fourth-order valence-electron chi connectivity index (χ4n) is 3.22. The summed E-state index contributed by atoms with van der Waals surface area (Å²) in [4.78, 5) is 13.0. The van der Waals surface area contributed by atoms with E-state index in [-0.39, 0.29) is 11.9 Å². The van der Waals surface area contributed by atoms with Crippen molar-refractivity contribution < 1.29 is 9.90 Å². The van der Waals surface area contributed by atoms with Crippen LogP contribution in [0.4, 0.5) is 4.79 Å². The Bertz CT molecular complexity index is 467. The summed E-state index contributed by atoms with van der Waals surface area (Å²) >= 11 is 1.56. The molecule has 116 valence electrons. The number of aliphatic hydroxyl groups is 1. The summed E-state index contributed by atoms with van der Waals surface area (Å²) in [6, 6.07) is 4.08. The zero-order chi connectivity index (χ0) is 14.7. The number of nitrogens with one attached hydrogen (secondary N) is 2. The van der Waals surface area contributed by atoms with E-state index in [1.165, 1.54) is 19.3 Å². The van der Waals surface area contributed by atoms with Crippen LogP contribution in [-0.4, -0.2) is 23.7 Å². The van der Waals surface area contributed by atoms with Gasteiger partial charge in [-0.2, -0.15) is 0 Å². The molecule has 1 aromatic heterocycles. The summed E-state index contributed by atoms with van der Waals surface area (Å²) in [5.74, 6) is 0.283. The van der Waals surface area contributed by atoms with Crippen molar-refractivity contribution >= 4 is 17.4 Å². The van der Waals surface area contributed by atoms with Gasteiger partial charge < -0.3 is 15.7 Å². The van der Waals surface area contributed by atoms with Gasteiger partial charge in [-0.05, 0) is 43.0 Å². The van der Waals surface area contributed by atoms with Gasteiger partial charge in [0.05, 0.1) is 6.54 Å². The quantitative estimate of drug-likeness (QED) is 0.783. The minimum absolute atomic E-state index is 0.141. The van der Waals surface area contributed by atoms with Crippen LogP contribution in [0.3, 0.4) is 0 Å². The molecule has 2 aliphatic carbocycles. The maximum absolute atomic E-state index is 12.0. The minimum Gasteiger partial charge on any atom is -0.382 e. The highest BCUT2D eigenvalue weighted by molar-refractivity contribution is 7.10. The molecule has 0 saturated heterocycles. The highest BCUT2D eigenvalue weighted by Gasteiger charge is 2.46. The molecule has 0 aromatic carbocycles. The number of carbonyl (C=O) groups is 1. The summed E-state index contributed by atoms with van der Waals surface area (Å²) in [5, 5.41) is 18.8. The van der Waals surface area contributed by atoms with Gasteiger partial charge in [0, 0.05) is 10.9 Å². The normalized spacial score (nSPS) is 22.5. The molecule has 2 amide bonds. The van der Waals surface area contributed by atoms with E-state index in [2.05, 4.69) is 10.6 Å². The first-order chi connectivity index (χ1) is 10.2. The molecule has 0 unspecified atom stereocenters. The second-order valence-corrected chi connectivity index (χ2v) is 7.29. The average molecular weight is 308 g/mol. The number of hydrogen-bond acceptors (Lipinski definition) is 3. The predicted molar refractivity (Wildman–Crippen MR) is 84.3 cm³/mol. The van der Waals surface area contributed by atoms with E-state index in [4.69, 9.17) is 0 Å². The van der Waals surface area contributed by atoms with Gasteiger partial charge >= 0.3 is 6.03 Å². The van der Waals surface area contributed by atoms with Crippen molar-refractivity contribution in [2.24, 2.45) is 5.92 Å². The average Bonchev–Trinajstić information content (AvgIpc) is 3.21. The minimum atomic E-state index is -0.891. The zero-order valence-electron chi connectivity index (χ0n) is 12.3. The van der Waals surface area contributed by atoms with Crippen LogP contribution < -0.4 is 10.6 Å². The highest BCUT2D eigenvalue weighted by atomic mass is 32.1. The van der Waals surface area contributed by atoms with E-state index >= 15 is 0 Å². The Hall–Kier alpha value is -1.07. The van der Waals surface area contributed by atoms with E-state index in [9.17, 15) is 9.90 Å². The Morgan fingerprint density at radius 2 is 2.05 bits per heavy atom. The van der Waals surface area contributed by atoms with Gasteiger partial charge in [-0.25, -0.2) is 4.79 Å². The number of carbonyl (C=O) groups excluding carboxylic acids is 1. The molecule has 0 radical (unpaired) electrons. The summed E-state index contributed by atoms with van der Waals surface area (Å²) in [7, 11) is 0. The third-order valence-corrected chi connectivity index (χ3v) is 5.70. The summed E-state index contributed by atoms with van der Waals surface area (Å²) in [6.45, 7) is 0.302. The van der Waals surface area contributed by atoms with Crippen LogP contribution in [0.5, 0.6) is 0 Å². The molecule has 0 spiro atoms. The molecule has 4 nitrogen and oxygen atoms in total. The van der Waals surface area contributed by atoms with Crippen molar-refractivity contribution in [1.82, 2.24) is 10.6 Å². The first kappa shape index (κ1) is 14.9. The van der Waals surface area contributed by atoms with Crippen molar-refractivity contribution in [1.29, 1.82) is 0 Å². The lowest BCUT2D eigenvalue weighted by Crippen LogP contribution is -2.48. The first-order valence-electron chi connectivity index (χ1n) is 7.99. The van der Waals surface area contributed by atoms with Crippen LogP contribution in [0, 0.1) is 5.92 Å². The van der Waals surface area contributed by atoms with Crippen LogP contribution in [0.2, 0.25) is 0 Å². The van der Waals surface area contributed by atoms with Gasteiger partial charge in [-0.3, -0.25) is 0 Å². The highest BCUT2D eigenvalue weighted by Crippen LogP contribution is 2.46. The van der Waals surface area contributed by atoms with Crippen LogP contribution in [0.25, 0.3) is 0 Å². The summed E-state index contributed by atoms with van der Waals surface area (Å²) in [5.41, 5.74) is -0.891. The smallest absolute Gasteiger partial charge is 0.315 e. The Balaban J connectivity index is 1.53. The Kier molecular flexibility index (Phi) is 4.50. The van der Waals surface area contributed by atoms with Crippen LogP contribution in [-0.2, 0) is 5.60 Å². The number of urea groups is 1. The van der Waals surface area contributed by atoms with Gasteiger partial charge in [0.1, 0.15) is 5.60 Å². The first-order valence-corrected chi connectivity index (χ1v) is 8.87. The van der Waals surface area contributed by atoms with Crippen molar-refractivity contribution in [2.75, 3.05) is 6.54 Å². The fraction of sp³-hybridized carbons (Fsp3) is 0.688. The van der Waals surface area contributed by atoms with E-state index in [1.807, 2.05) is 17.5 Å². The molecule has 1 atom stereocenters. The van der Waals surface area contributed by atoms with Crippen molar-refractivity contribution in [2.45, 2.75) is 56.6 Å². The number of hydrogen-bond donors (Lipinski definition) is 3. The lowest BCUT2D eigenvalue weighted by atomic mass is 9.95. The molecule has 0 bridgehead atoms. The molecule has 3 N–H and O–H groups in total. The molecule has 2 aliphatic rings. The maximum atomic E-state index is 12.0. The molecule has 5 heteroatoms. The van der Waals surface area contributed by atoms with Crippen molar-refractivity contribution in [3.63, 3.8) is 0 Å². The molecule has 2 saturated carbocycles. The second kappa shape index (κ2) is 6.36. The van der Waals surface area contributed by atoms with E-state index in [0.717, 1.165) is 30.6 Å². The zero-order valence-corrected chi connectivity index (χ0v) is 13.1. The summed E-state index contributed by atoms with van der Waals surface area (Å²) in [6.07, 6.45) is 7.91. The third kappa shape index (κ3) is 3.58. The molecule has 3 rings (SSSR count). The summed E-state index contributed by atoms with van der Waals surface area (Å²) < 4.78 is 0. The molecule has 0 aliphatic heterocycles. The van der Waals surface area contributed by atoms with Crippen LogP contribution in [0.15, 0.2) is 17.5 Å². The Morgan fingerprint density at radius 3 is 2.67 bits per heavy atom. The SMILES string of the molecule is O=C(NC[C@](O)(c1cccs1)C1CC1)NC1CCCCC1. The van der Waals surface area contributed by atoms with E-state index in [0.29, 0.717) is 12.6 Å². The molecular weight excluding hydrogens is 284 g/mol. The lowest BCUT2D eigenvalue weighted by Gasteiger charge is -2.28. The number of thiophene rings is 1. The molecular formula is C16H24N2O2S.